The Labute approximate surface area is 168 Å². The number of halogens is 1. The Morgan fingerprint density at radius 1 is 1.14 bits per heavy atom. The van der Waals surface area contributed by atoms with E-state index in [9.17, 15) is 9.18 Å². The summed E-state index contributed by atoms with van der Waals surface area (Å²) >= 11 is 1.33. The van der Waals surface area contributed by atoms with Gasteiger partial charge in [-0.15, -0.1) is 10.2 Å². The van der Waals surface area contributed by atoms with Crippen LogP contribution in [-0.2, 0) is 11.3 Å². The van der Waals surface area contributed by atoms with Crippen molar-refractivity contribution in [2.24, 2.45) is 0 Å². The number of nitrogens with zero attached hydrogens (tertiary/aromatic N) is 4. The Hall–Kier alpha value is -2.67. The van der Waals surface area contributed by atoms with Crippen LogP contribution in [-0.4, -0.2) is 38.4 Å². The van der Waals surface area contributed by atoms with Crippen LogP contribution in [0.4, 0.5) is 4.39 Å². The zero-order chi connectivity index (χ0) is 20.3. The molecule has 146 valence electrons. The molecular weight excluding hydrogens is 375 g/mol. The highest BCUT2D eigenvalue weighted by Gasteiger charge is 2.17. The summed E-state index contributed by atoms with van der Waals surface area (Å²) in [7, 11) is 1.68. The fraction of sp³-hybridized carbons (Fsp3) is 0.286. The van der Waals surface area contributed by atoms with Crippen molar-refractivity contribution in [2.45, 2.75) is 32.5 Å². The fourth-order valence-electron chi connectivity index (χ4n) is 2.88. The minimum atomic E-state index is -0.305. The number of carbonyl (C=O) groups is 1. The molecule has 0 aliphatic heterocycles. The van der Waals surface area contributed by atoms with Crippen LogP contribution in [0.5, 0.6) is 0 Å². The van der Waals surface area contributed by atoms with E-state index in [1.165, 1.54) is 22.7 Å². The van der Waals surface area contributed by atoms with Gasteiger partial charge in [0.2, 0.25) is 5.91 Å². The molecule has 3 rings (SSSR count). The molecule has 28 heavy (non-hydrogen) atoms. The Morgan fingerprint density at radius 3 is 2.64 bits per heavy atom. The SMILES string of the molecule is Cc1ccc(C)c(-n2c(C)nnc2SCC(=O)N(C)Cc2ccccc2F)c1. The Kier molecular flexibility index (Phi) is 6.14. The Bertz CT molecular complexity index is 1000. The molecular formula is C21H23FN4OS. The summed E-state index contributed by atoms with van der Waals surface area (Å²) in [5.74, 6) is 0.568. The lowest BCUT2D eigenvalue weighted by molar-refractivity contribution is -0.127. The molecule has 0 bridgehead atoms. The highest BCUT2D eigenvalue weighted by Crippen LogP contribution is 2.25. The van der Waals surface area contributed by atoms with Gasteiger partial charge in [-0.3, -0.25) is 9.36 Å². The third-order valence-corrected chi connectivity index (χ3v) is 5.43. The number of carbonyl (C=O) groups excluding carboxylic acids is 1. The largest absolute Gasteiger partial charge is 0.341 e. The molecule has 0 unspecified atom stereocenters. The molecule has 1 amide bonds. The molecule has 2 aromatic carbocycles. The zero-order valence-corrected chi connectivity index (χ0v) is 17.3. The van der Waals surface area contributed by atoms with E-state index in [1.807, 2.05) is 25.3 Å². The van der Waals surface area contributed by atoms with Gasteiger partial charge in [0.25, 0.3) is 0 Å². The number of rotatable bonds is 6. The van der Waals surface area contributed by atoms with Gasteiger partial charge in [-0.1, -0.05) is 42.1 Å². The minimum Gasteiger partial charge on any atom is -0.341 e. The standard InChI is InChI=1S/C21H23FN4OS/c1-14-9-10-15(2)19(11-14)26-16(3)23-24-21(26)28-13-20(27)25(4)12-17-7-5-6-8-18(17)22/h5-11H,12-13H2,1-4H3. The lowest BCUT2D eigenvalue weighted by atomic mass is 10.1. The van der Waals surface area contributed by atoms with Crippen molar-refractivity contribution in [1.82, 2.24) is 19.7 Å². The van der Waals surface area contributed by atoms with Crippen molar-refractivity contribution >= 4 is 17.7 Å². The van der Waals surface area contributed by atoms with Gasteiger partial charge in [0.15, 0.2) is 5.16 Å². The molecule has 5 nitrogen and oxygen atoms in total. The van der Waals surface area contributed by atoms with E-state index in [0.29, 0.717) is 10.7 Å². The second-order valence-corrected chi connectivity index (χ2v) is 7.73. The summed E-state index contributed by atoms with van der Waals surface area (Å²) in [5, 5.41) is 9.09. The zero-order valence-electron chi connectivity index (χ0n) is 16.4. The molecule has 3 aromatic rings. The first kappa shape index (κ1) is 20.1. The van der Waals surface area contributed by atoms with Crippen LogP contribution in [0.1, 0.15) is 22.5 Å². The van der Waals surface area contributed by atoms with E-state index in [0.717, 1.165) is 22.6 Å². The monoisotopic (exact) mass is 398 g/mol. The lowest BCUT2D eigenvalue weighted by Gasteiger charge is -2.17. The molecule has 0 atom stereocenters. The normalized spacial score (nSPS) is 10.9. The van der Waals surface area contributed by atoms with E-state index in [-0.39, 0.29) is 24.0 Å². The lowest BCUT2D eigenvalue weighted by Crippen LogP contribution is -2.28. The van der Waals surface area contributed by atoms with E-state index in [1.54, 1.807) is 25.2 Å². The Balaban J connectivity index is 1.72. The van der Waals surface area contributed by atoms with Crippen LogP contribution >= 0.6 is 11.8 Å². The van der Waals surface area contributed by atoms with E-state index in [2.05, 4.69) is 28.4 Å². The second kappa shape index (κ2) is 8.56. The molecule has 0 N–H and O–H groups in total. The quantitative estimate of drug-likeness (QED) is 0.587. The van der Waals surface area contributed by atoms with Crippen molar-refractivity contribution in [2.75, 3.05) is 12.8 Å². The number of hydrogen-bond donors (Lipinski definition) is 0. The second-order valence-electron chi connectivity index (χ2n) is 6.79. The number of hydrogen-bond acceptors (Lipinski definition) is 4. The molecule has 1 heterocycles. The van der Waals surface area contributed by atoms with Gasteiger partial charge in [0.1, 0.15) is 11.6 Å². The van der Waals surface area contributed by atoms with Gasteiger partial charge >= 0.3 is 0 Å². The van der Waals surface area contributed by atoms with Crippen LogP contribution in [0.25, 0.3) is 5.69 Å². The third-order valence-electron chi connectivity index (χ3n) is 4.52. The molecule has 0 aliphatic carbocycles. The molecule has 7 heteroatoms. The molecule has 0 spiro atoms. The average Bonchev–Trinajstić information content (AvgIpc) is 3.04. The van der Waals surface area contributed by atoms with E-state index in [4.69, 9.17) is 0 Å². The van der Waals surface area contributed by atoms with Crippen molar-refractivity contribution < 1.29 is 9.18 Å². The van der Waals surface area contributed by atoms with Gasteiger partial charge in [0.05, 0.1) is 11.4 Å². The molecule has 0 saturated heterocycles. The Morgan fingerprint density at radius 2 is 1.89 bits per heavy atom. The van der Waals surface area contributed by atoms with Gasteiger partial charge in [0, 0.05) is 19.2 Å². The minimum absolute atomic E-state index is 0.0959. The highest BCUT2D eigenvalue weighted by molar-refractivity contribution is 7.99. The molecule has 0 fully saturated rings. The first-order valence-corrected chi connectivity index (χ1v) is 9.95. The van der Waals surface area contributed by atoms with Crippen LogP contribution in [0.15, 0.2) is 47.6 Å². The van der Waals surface area contributed by atoms with Crippen LogP contribution in [0.2, 0.25) is 0 Å². The highest BCUT2D eigenvalue weighted by atomic mass is 32.2. The molecule has 1 aromatic heterocycles. The van der Waals surface area contributed by atoms with Crippen molar-refractivity contribution in [3.05, 3.63) is 70.8 Å². The van der Waals surface area contributed by atoms with E-state index < -0.39 is 0 Å². The smallest absolute Gasteiger partial charge is 0.233 e. The van der Waals surface area contributed by atoms with Gasteiger partial charge in [-0.05, 0) is 44.0 Å². The van der Waals surface area contributed by atoms with Crippen LogP contribution in [0, 0.1) is 26.6 Å². The summed E-state index contributed by atoms with van der Waals surface area (Å²) in [6.45, 7) is 6.20. The summed E-state index contributed by atoms with van der Waals surface area (Å²) in [6, 6.07) is 12.7. The van der Waals surface area contributed by atoms with Crippen molar-refractivity contribution in [3.8, 4) is 5.69 Å². The van der Waals surface area contributed by atoms with E-state index >= 15 is 0 Å². The molecule has 0 aliphatic rings. The number of aryl methyl sites for hydroxylation is 3. The first-order chi connectivity index (χ1) is 13.4. The number of aromatic nitrogens is 3. The van der Waals surface area contributed by atoms with Crippen molar-refractivity contribution in [1.29, 1.82) is 0 Å². The molecule has 0 radical (unpaired) electrons. The maximum absolute atomic E-state index is 13.8. The topological polar surface area (TPSA) is 51.0 Å². The predicted octanol–water partition coefficient (Wildman–Crippen LogP) is 4.08. The molecule has 0 saturated carbocycles. The first-order valence-electron chi connectivity index (χ1n) is 8.96. The van der Waals surface area contributed by atoms with Gasteiger partial charge < -0.3 is 4.90 Å². The maximum atomic E-state index is 13.8. The average molecular weight is 399 g/mol. The summed E-state index contributed by atoms with van der Waals surface area (Å²) in [6.07, 6.45) is 0. The number of benzene rings is 2. The van der Waals surface area contributed by atoms with Crippen LogP contribution in [0.3, 0.4) is 0 Å². The summed E-state index contributed by atoms with van der Waals surface area (Å²) in [5.41, 5.74) is 3.76. The van der Waals surface area contributed by atoms with Crippen molar-refractivity contribution in [3.63, 3.8) is 0 Å². The van der Waals surface area contributed by atoms with Gasteiger partial charge in [-0.2, -0.15) is 0 Å². The summed E-state index contributed by atoms with van der Waals surface area (Å²) in [4.78, 5) is 14.1. The van der Waals surface area contributed by atoms with Crippen LogP contribution < -0.4 is 0 Å². The number of thioether (sulfide) groups is 1. The van der Waals surface area contributed by atoms with Gasteiger partial charge in [-0.25, -0.2) is 4.39 Å². The number of amides is 1. The third kappa shape index (κ3) is 4.42. The summed E-state index contributed by atoms with van der Waals surface area (Å²) < 4.78 is 15.8. The maximum Gasteiger partial charge on any atom is 0.233 e. The fourth-order valence-corrected chi connectivity index (χ4v) is 3.81. The predicted molar refractivity (Wildman–Crippen MR) is 109 cm³/mol.